The van der Waals surface area contributed by atoms with Gasteiger partial charge in [0.2, 0.25) is 10.0 Å². The highest BCUT2D eigenvalue weighted by Gasteiger charge is 2.29. The first-order valence-corrected chi connectivity index (χ1v) is 9.82. The molecular weight excluding hydrogens is 415 g/mol. The average molecular weight is 446 g/mol. The molecule has 132 valence electrons. The van der Waals surface area contributed by atoms with Crippen molar-refractivity contribution in [1.82, 2.24) is 10.0 Å². The maximum atomic E-state index is 11.3. The number of sulfonamides is 1. The van der Waals surface area contributed by atoms with Gasteiger partial charge in [-0.1, -0.05) is 32.6 Å². The first-order valence-electron chi connectivity index (χ1n) is 7.93. The summed E-state index contributed by atoms with van der Waals surface area (Å²) < 4.78 is 25.3. The number of unbranched alkanes of at least 4 members (excludes halogenated alkanes) is 3. The lowest BCUT2D eigenvalue weighted by molar-refractivity contribution is 0.454. The van der Waals surface area contributed by atoms with E-state index in [1.54, 1.807) is 0 Å². The number of guanidine groups is 1. The van der Waals surface area contributed by atoms with E-state index in [4.69, 9.17) is 5.73 Å². The zero-order chi connectivity index (χ0) is 15.7. The molecule has 0 bridgehead atoms. The van der Waals surface area contributed by atoms with Crippen molar-refractivity contribution in [3.63, 3.8) is 0 Å². The van der Waals surface area contributed by atoms with Crippen molar-refractivity contribution in [2.45, 2.75) is 57.9 Å². The van der Waals surface area contributed by atoms with Crippen LogP contribution >= 0.6 is 24.0 Å². The molecule has 1 aliphatic rings. The van der Waals surface area contributed by atoms with E-state index in [0.717, 1.165) is 32.2 Å². The Morgan fingerprint density at radius 2 is 2.00 bits per heavy atom. The van der Waals surface area contributed by atoms with Crippen LogP contribution in [0, 0.1) is 5.92 Å². The Morgan fingerprint density at radius 3 is 2.64 bits per heavy atom. The third kappa shape index (κ3) is 9.83. The van der Waals surface area contributed by atoms with Crippen LogP contribution < -0.4 is 15.8 Å². The molecule has 2 unspecified atom stereocenters. The van der Waals surface area contributed by atoms with Crippen LogP contribution in [0.4, 0.5) is 0 Å². The van der Waals surface area contributed by atoms with Gasteiger partial charge in [-0.25, -0.2) is 13.1 Å². The van der Waals surface area contributed by atoms with Gasteiger partial charge >= 0.3 is 0 Å². The van der Waals surface area contributed by atoms with Crippen LogP contribution in [0.15, 0.2) is 4.99 Å². The molecule has 0 aromatic heterocycles. The average Bonchev–Trinajstić information content (AvgIpc) is 2.81. The summed E-state index contributed by atoms with van der Waals surface area (Å²) in [6, 6.07) is 0.00102. The number of halogens is 1. The molecule has 2 atom stereocenters. The Hall–Kier alpha value is -0.0900. The minimum absolute atomic E-state index is 0. The quantitative estimate of drug-likeness (QED) is 0.218. The van der Waals surface area contributed by atoms with E-state index in [1.807, 2.05) is 0 Å². The van der Waals surface area contributed by atoms with Gasteiger partial charge in [0.05, 0.1) is 6.26 Å². The van der Waals surface area contributed by atoms with Crippen LogP contribution in [-0.2, 0) is 10.0 Å². The second kappa shape index (κ2) is 11.4. The van der Waals surface area contributed by atoms with Gasteiger partial charge in [0, 0.05) is 19.1 Å². The predicted molar refractivity (Wildman–Crippen MR) is 103 cm³/mol. The zero-order valence-electron chi connectivity index (χ0n) is 13.7. The molecule has 0 amide bonds. The lowest BCUT2D eigenvalue weighted by atomic mass is 10.1. The summed E-state index contributed by atoms with van der Waals surface area (Å²) in [6.07, 6.45) is 8.92. The molecule has 8 heteroatoms. The summed E-state index contributed by atoms with van der Waals surface area (Å²) in [5, 5.41) is 3.12. The third-order valence-electron chi connectivity index (χ3n) is 3.86. The maximum Gasteiger partial charge on any atom is 0.208 e. The molecule has 0 radical (unpaired) electrons. The Labute approximate surface area is 152 Å². The van der Waals surface area contributed by atoms with E-state index >= 15 is 0 Å². The number of hydrogen-bond donors (Lipinski definition) is 3. The molecule has 0 aromatic carbocycles. The second-order valence-corrected chi connectivity index (χ2v) is 7.68. The van der Waals surface area contributed by atoms with E-state index in [0.29, 0.717) is 12.5 Å². The standard InChI is InChI=1S/C14H30N4O2S.HI/c1-3-4-5-6-10-16-14(15)17-11-12-8-7-9-13(12)18-21(2,19)20;/h12-13,18H,3-11H2,1-2H3,(H3,15,16,17);1H. The highest BCUT2D eigenvalue weighted by atomic mass is 127. The summed E-state index contributed by atoms with van der Waals surface area (Å²) in [6.45, 7) is 3.62. The van der Waals surface area contributed by atoms with E-state index in [1.165, 1.54) is 25.5 Å². The first kappa shape index (κ1) is 21.9. The van der Waals surface area contributed by atoms with Crippen LogP contribution in [0.5, 0.6) is 0 Å². The smallest absolute Gasteiger partial charge is 0.208 e. The van der Waals surface area contributed by atoms with Gasteiger partial charge in [-0.3, -0.25) is 4.99 Å². The molecule has 4 N–H and O–H groups in total. The van der Waals surface area contributed by atoms with Crippen molar-refractivity contribution in [2.24, 2.45) is 16.6 Å². The molecule has 0 saturated heterocycles. The number of rotatable bonds is 9. The number of nitrogens with zero attached hydrogens (tertiary/aromatic N) is 1. The van der Waals surface area contributed by atoms with Crippen molar-refractivity contribution in [3.8, 4) is 0 Å². The highest BCUT2D eigenvalue weighted by molar-refractivity contribution is 14.0. The van der Waals surface area contributed by atoms with Crippen LogP contribution in [0.2, 0.25) is 0 Å². The summed E-state index contributed by atoms with van der Waals surface area (Å²) in [4.78, 5) is 4.35. The fraction of sp³-hybridized carbons (Fsp3) is 0.929. The lowest BCUT2D eigenvalue weighted by Gasteiger charge is -2.18. The Morgan fingerprint density at radius 1 is 1.27 bits per heavy atom. The van der Waals surface area contributed by atoms with E-state index in [2.05, 4.69) is 22.0 Å². The Bertz CT molecular complexity index is 429. The molecule has 0 heterocycles. The molecule has 0 spiro atoms. The van der Waals surface area contributed by atoms with Gasteiger partial charge in [0.25, 0.3) is 0 Å². The monoisotopic (exact) mass is 446 g/mol. The molecule has 1 saturated carbocycles. The zero-order valence-corrected chi connectivity index (χ0v) is 16.8. The number of hydrogen-bond acceptors (Lipinski definition) is 3. The SMILES string of the molecule is CCCCCCNC(N)=NCC1CCCC1NS(C)(=O)=O.I. The topological polar surface area (TPSA) is 96.6 Å². The molecule has 22 heavy (non-hydrogen) atoms. The molecular formula is C14H31IN4O2S. The Kier molecular flexibility index (Phi) is 11.4. The summed E-state index contributed by atoms with van der Waals surface area (Å²) in [7, 11) is -3.15. The van der Waals surface area contributed by atoms with Gasteiger partial charge < -0.3 is 11.1 Å². The van der Waals surface area contributed by atoms with Crippen molar-refractivity contribution in [3.05, 3.63) is 0 Å². The van der Waals surface area contributed by atoms with Gasteiger partial charge in [-0.05, 0) is 25.2 Å². The van der Waals surface area contributed by atoms with Gasteiger partial charge in [-0.2, -0.15) is 0 Å². The van der Waals surface area contributed by atoms with Gasteiger partial charge in [-0.15, -0.1) is 24.0 Å². The van der Waals surface area contributed by atoms with Crippen molar-refractivity contribution in [1.29, 1.82) is 0 Å². The fourth-order valence-corrected chi connectivity index (χ4v) is 3.59. The molecule has 0 aromatic rings. The molecule has 0 aliphatic heterocycles. The predicted octanol–water partition coefficient (Wildman–Crippen LogP) is 1.81. The van der Waals surface area contributed by atoms with Crippen molar-refractivity contribution in [2.75, 3.05) is 19.3 Å². The second-order valence-electron chi connectivity index (χ2n) is 5.90. The molecule has 6 nitrogen and oxygen atoms in total. The highest BCUT2D eigenvalue weighted by Crippen LogP contribution is 2.26. The van der Waals surface area contributed by atoms with Crippen molar-refractivity contribution < 1.29 is 8.42 Å². The van der Waals surface area contributed by atoms with Crippen LogP contribution in [-0.4, -0.2) is 39.8 Å². The minimum atomic E-state index is -3.15. The van der Waals surface area contributed by atoms with Crippen LogP contribution in [0.25, 0.3) is 0 Å². The van der Waals surface area contributed by atoms with Gasteiger partial charge in [0.1, 0.15) is 0 Å². The lowest BCUT2D eigenvalue weighted by Crippen LogP contribution is -2.38. The number of nitrogens with two attached hydrogens (primary N) is 1. The van der Waals surface area contributed by atoms with Crippen molar-refractivity contribution >= 4 is 40.0 Å². The van der Waals surface area contributed by atoms with E-state index in [9.17, 15) is 8.42 Å². The largest absolute Gasteiger partial charge is 0.370 e. The normalized spacial score (nSPS) is 22.4. The van der Waals surface area contributed by atoms with E-state index in [-0.39, 0.29) is 35.9 Å². The summed E-state index contributed by atoms with van der Waals surface area (Å²) in [5.41, 5.74) is 5.84. The fourth-order valence-electron chi connectivity index (χ4n) is 2.73. The maximum absolute atomic E-state index is 11.3. The van der Waals surface area contributed by atoms with Crippen LogP contribution in [0.3, 0.4) is 0 Å². The summed E-state index contributed by atoms with van der Waals surface area (Å²) in [5.74, 6) is 0.719. The summed E-state index contributed by atoms with van der Waals surface area (Å²) >= 11 is 0. The molecule has 1 rings (SSSR count). The number of aliphatic imine (C=N–C) groups is 1. The number of nitrogens with one attached hydrogen (secondary N) is 2. The van der Waals surface area contributed by atoms with Crippen LogP contribution in [0.1, 0.15) is 51.9 Å². The van der Waals surface area contributed by atoms with E-state index < -0.39 is 10.0 Å². The first-order chi connectivity index (χ1) is 9.92. The molecule has 1 fully saturated rings. The molecule has 1 aliphatic carbocycles. The van der Waals surface area contributed by atoms with Gasteiger partial charge in [0.15, 0.2) is 5.96 Å². The third-order valence-corrected chi connectivity index (χ3v) is 4.59. The Balaban J connectivity index is 0.00000441. The minimum Gasteiger partial charge on any atom is -0.370 e.